The van der Waals surface area contributed by atoms with Crippen LogP contribution in [0.4, 0.5) is 0 Å². The summed E-state index contributed by atoms with van der Waals surface area (Å²) in [5.74, 6) is 0. The largest absolute Gasteiger partial charge is 0.379 e. The van der Waals surface area contributed by atoms with E-state index in [-0.39, 0.29) is 0 Å². The van der Waals surface area contributed by atoms with Gasteiger partial charge >= 0.3 is 0 Å². The molecule has 1 saturated heterocycles. The lowest BCUT2D eigenvalue weighted by Gasteiger charge is -2.19. The van der Waals surface area contributed by atoms with E-state index in [1.165, 1.54) is 13.0 Å². The van der Waals surface area contributed by atoms with Crippen LogP contribution in [0.1, 0.15) is 13.3 Å². The summed E-state index contributed by atoms with van der Waals surface area (Å²) in [6.07, 6.45) is 1.24. The van der Waals surface area contributed by atoms with Crippen LogP contribution in [0.25, 0.3) is 0 Å². The second kappa shape index (κ2) is 5.12. The van der Waals surface area contributed by atoms with Crippen LogP contribution in [0.3, 0.4) is 0 Å². The molecule has 1 fully saturated rings. The van der Waals surface area contributed by atoms with Crippen molar-refractivity contribution in [2.45, 2.75) is 18.2 Å². The van der Waals surface area contributed by atoms with E-state index in [0.29, 0.717) is 4.83 Å². The number of halogens is 1. The molecular weight excluding hydrogens is 206 g/mol. The fourth-order valence-electron chi connectivity index (χ4n) is 1.35. The summed E-state index contributed by atoms with van der Waals surface area (Å²) in [4.78, 5) is 2.98. The Bertz CT molecular complexity index is 110. The molecule has 66 valence electrons. The highest BCUT2D eigenvalue weighted by Gasteiger charge is 2.14. The zero-order valence-electron chi connectivity index (χ0n) is 7.05. The maximum atomic E-state index is 5.39. The van der Waals surface area contributed by atoms with Gasteiger partial charge in [0.1, 0.15) is 0 Å². The number of nitrogens with zero attached hydrogens (tertiary/aromatic N) is 1. The van der Waals surface area contributed by atoms with Crippen molar-refractivity contribution < 1.29 is 4.74 Å². The van der Waals surface area contributed by atoms with Gasteiger partial charge in [0.2, 0.25) is 0 Å². The van der Waals surface area contributed by atoms with Gasteiger partial charge in [0.25, 0.3) is 0 Å². The van der Waals surface area contributed by atoms with Gasteiger partial charge in [-0.2, -0.15) is 0 Å². The molecule has 1 atom stereocenters. The summed E-state index contributed by atoms with van der Waals surface area (Å²) < 4.78 is 5.39. The van der Waals surface area contributed by atoms with Crippen LogP contribution in [-0.2, 0) is 4.74 Å². The molecule has 0 saturated carbocycles. The molecular formula is C8H16BrNO. The first-order valence-electron chi connectivity index (χ1n) is 4.27. The molecule has 1 aliphatic rings. The Hall–Kier alpha value is 0.400. The summed E-state index contributed by atoms with van der Waals surface area (Å²) in [7, 11) is 0. The summed E-state index contributed by atoms with van der Waals surface area (Å²) in [6.45, 7) is 7.40. The van der Waals surface area contributed by atoms with E-state index < -0.39 is 0 Å². The molecule has 2 nitrogen and oxygen atoms in total. The van der Waals surface area contributed by atoms with E-state index in [1.807, 2.05) is 0 Å². The highest BCUT2D eigenvalue weighted by molar-refractivity contribution is 9.09. The average Bonchev–Trinajstić information content (AvgIpc) is 2.15. The predicted octanol–water partition coefficient (Wildman–Crippen LogP) is 1.49. The minimum absolute atomic E-state index is 0.525. The van der Waals surface area contributed by atoms with Crippen LogP contribution in [0, 0.1) is 0 Å². The van der Waals surface area contributed by atoms with Crippen molar-refractivity contribution in [3.05, 3.63) is 0 Å². The molecule has 1 aliphatic heterocycles. The maximum absolute atomic E-state index is 5.39. The Morgan fingerprint density at radius 1 is 1.64 bits per heavy atom. The standard InChI is InChI=1S/C8H16BrNO/c1-2-3-10-4-5-11-7-8(9)6-10/h8H,2-7H2,1H3. The molecule has 3 heteroatoms. The number of hydrogen-bond donors (Lipinski definition) is 0. The third kappa shape index (κ3) is 3.54. The van der Waals surface area contributed by atoms with Gasteiger partial charge in [0.15, 0.2) is 0 Å². The minimum Gasteiger partial charge on any atom is -0.379 e. The van der Waals surface area contributed by atoms with Gasteiger partial charge < -0.3 is 4.74 Å². The SMILES string of the molecule is CCCN1CCOCC(Br)C1. The molecule has 1 rings (SSSR count). The molecule has 0 aromatic rings. The van der Waals surface area contributed by atoms with Gasteiger partial charge in [-0.05, 0) is 13.0 Å². The smallest absolute Gasteiger partial charge is 0.0604 e. The molecule has 11 heavy (non-hydrogen) atoms. The van der Waals surface area contributed by atoms with Crippen molar-refractivity contribution in [2.75, 3.05) is 32.8 Å². The van der Waals surface area contributed by atoms with Gasteiger partial charge in [-0.1, -0.05) is 22.9 Å². The lowest BCUT2D eigenvalue weighted by atomic mass is 10.3. The van der Waals surface area contributed by atoms with Crippen LogP contribution in [-0.4, -0.2) is 42.6 Å². The molecule has 0 aliphatic carbocycles. The third-order valence-electron chi connectivity index (χ3n) is 1.85. The molecule has 0 radical (unpaired) electrons. The van der Waals surface area contributed by atoms with Gasteiger partial charge in [0, 0.05) is 13.1 Å². The lowest BCUT2D eigenvalue weighted by molar-refractivity contribution is 0.143. The Kier molecular flexibility index (Phi) is 4.41. The van der Waals surface area contributed by atoms with Crippen LogP contribution >= 0.6 is 15.9 Å². The van der Waals surface area contributed by atoms with Gasteiger partial charge in [-0.25, -0.2) is 0 Å². The topological polar surface area (TPSA) is 12.5 Å². The minimum atomic E-state index is 0.525. The number of rotatable bonds is 2. The molecule has 1 heterocycles. The Balaban J connectivity index is 2.27. The first-order chi connectivity index (χ1) is 5.33. The molecule has 0 N–H and O–H groups in total. The number of hydrogen-bond acceptors (Lipinski definition) is 2. The van der Waals surface area contributed by atoms with E-state index in [2.05, 4.69) is 27.8 Å². The van der Waals surface area contributed by atoms with Gasteiger partial charge in [-0.3, -0.25) is 4.90 Å². The van der Waals surface area contributed by atoms with Crippen molar-refractivity contribution in [2.24, 2.45) is 0 Å². The van der Waals surface area contributed by atoms with Crippen molar-refractivity contribution in [3.8, 4) is 0 Å². The summed E-state index contributed by atoms with van der Waals surface area (Å²) >= 11 is 3.58. The van der Waals surface area contributed by atoms with Crippen LogP contribution in [0.15, 0.2) is 0 Å². The first-order valence-corrected chi connectivity index (χ1v) is 5.18. The number of alkyl halides is 1. The van der Waals surface area contributed by atoms with Crippen molar-refractivity contribution in [3.63, 3.8) is 0 Å². The summed E-state index contributed by atoms with van der Waals surface area (Å²) in [5.41, 5.74) is 0. The van der Waals surface area contributed by atoms with Crippen molar-refractivity contribution in [1.82, 2.24) is 4.90 Å². The van der Waals surface area contributed by atoms with Crippen LogP contribution < -0.4 is 0 Å². The first kappa shape index (κ1) is 9.49. The summed E-state index contributed by atoms with van der Waals surface area (Å²) in [5, 5.41) is 0. The molecule has 0 spiro atoms. The molecule has 0 aromatic heterocycles. The van der Waals surface area contributed by atoms with E-state index in [1.54, 1.807) is 0 Å². The Morgan fingerprint density at radius 3 is 3.18 bits per heavy atom. The molecule has 0 aromatic carbocycles. The molecule has 1 unspecified atom stereocenters. The van der Waals surface area contributed by atoms with Crippen LogP contribution in [0.5, 0.6) is 0 Å². The average molecular weight is 222 g/mol. The fraction of sp³-hybridized carbons (Fsp3) is 1.00. The van der Waals surface area contributed by atoms with E-state index in [4.69, 9.17) is 4.74 Å². The second-order valence-corrected chi connectivity index (χ2v) is 4.27. The highest BCUT2D eigenvalue weighted by Crippen LogP contribution is 2.07. The van der Waals surface area contributed by atoms with Crippen molar-refractivity contribution in [1.29, 1.82) is 0 Å². The molecule has 0 amide bonds. The Morgan fingerprint density at radius 2 is 2.45 bits per heavy atom. The highest BCUT2D eigenvalue weighted by atomic mass is 79.9. The van der Waals surface area contributed by atoms with E-state index in [0.717, 1.165) is 26.3 Å². The summed E-state index contributed by atoms with van der Waals surface area (Å²) in [6, 6.07) is 0. The van der Waals surface area contributed by atoms with E-state index >= 15 is 0 Å². The normalized spacial score (nSPS) is 28.4. The zero-order valence-corrected chi connectivity index (χ0v) is 8.64. The third-order valence-corrected chi connectivity index (χ3v) is 2.40. The van der Waals surface area contributed by atoms with Crippen molar-refractivity contribution >= 4 is 15.9 Å². The quantitative estimate of drug-likeness (QED) is 0.656. The zero-order chi connectivity index (χ0) is 8.10. The predicted molar refractivity (Wildman–Crippen MR) is 50.3 cm³/mol. The lowest BCUT2D eigenvalue weighted by Crippen LogP contribution is -2.30. The number of ether oxygens (including phenoxy) is 1. The van der Waals surface area contributed by atoms with Crippen LogP contribution in [0.2, 0.25) is 0 Å². The van der Waals surface area contributed by atoms with E-state index in [9.17, 15) is 0 Å². The fourth-order valence-corrected chi connectivity index (χ4v) is 1.94. The molecule has 0 bridgehead atoms. The monoisotopic (exact) mass is 221 g/mol. The van der Waals surface area contributed by atoms with Gasteiger partial charge in [0.05, 0.1) is 18.0 Å². The maximum Gasteiger partial charge on any atom is 0.0604 e. The van der Waals surface area contributed by atoms with Gasteiger partial charge in [-0.15, -0.1) is 0 Å². The Labute approximate surface area is 77.0 Å². The second-order valence-electron chi connectivity index (χ2n) is 2.97.